The number of aryl methyl sites for hydroxylation is 1. The molecule has 0 saturated carbocycles. The topological polar surface area (TPSA) is 60.9 Å². The van der Waals surface area contributed by atoms with Crippen LogP contribution < -0.4 is 4.74 Å². The van der Waals surface area contributed by atoms with Gasteiger partial charge in [0.15, 0.2) is 5.65 Å². The molecule has 0 N–H and O–H groups in total. The quantitative estimate of drug-likeness (QED) is 0.395. The van der Waals surface area contributed by atoms with Crippen molar-refractivity contribution < 1.29 is 9.53 Å². The van der Waals surface area contributed by atoms with Crippen molar-refractivity contribution in [1.29, 1.82) is 0 Å². The third-order valence-corrected chi connectivity index (χ3v) is 5.77. The molecule has 4 heterocycles. The molecule has 6 nitrogen and oxygen atoms in total. The number of ether oxygens (including phenoxy) is 1. The van der Waals surface area contributed by atoms with Gasteiger partial charge < -0.3 is 9.14 Å². The molecule has 0 atom stereocenters. The van der Waals surface area contributed by atoms with Gasteiger partial charge in [-0.3, -0.25) is 9.20 Å². The van der Waals surface area contributed by atoms with E-state index in [1.165, 1.54) is 0 Å². The third kappa shape index (κ3) is 2.42. The van der Waals surface area contributed by atoms with Crippen LogP contribution in [0.1, 0.15) is 21.9 Å². The number of carbonyl (C=O) groups excluding carboxylic acids is 1. The Kier molecular flexibility index (Phi) is 3.65. The normalized spacial score (nSPS) is 11.7. The lowest BCUT2D eigenvalue weighted by Crippen LogP contribution is -2.07. The van der Waals surface area contributed by atoms with Gasteiger partial charge >= 0.3 is 0 Å². The highest BCUT2D eigenvalue weighted by atomic mass is 16.5. The van der Waals surface area contributed by atoms with Crippen LogP contribution in [-0.4, -0.2) is 31.7 Å². The van der Waals surface area contributed by atoms with Crippen LogP contribution in [0, 0.1) is 6.92 Å². The zero-order chi connectivity index (χ0) is 21.1. The molecule has 150 valence electrons. The molecule has 0 spiro atoms. The summed E-state index contributed by atoms with van der Waals surface area (Å²) < 4.78 is 9.21. The van der Waals surface area contributed by atoms with E-state index in [0.717, 1.165) is 33.4 Å². The van der Waals surface area contributed by atoms with Crippen LogP contribution >= 0.6 is 0 Å². The second-order valence-corrected chi connectivity index (χ2v) is 7.50. The van der Waals surface area contributed by atoms with E-state index >= 15 is 0 Å². The monoisotopic (exact) mass is 406 g/mol. The van der Waals surface area contributed by atoms with Crippen molar-refractivity contribution in [1.82, 2.24) is 18.8 Å². The Morgan fingerprint density at radius 3 is 2.45 bits per heavy atom. The van der Waals surface area contributed by atoms with Crippen molar-refractivity contribution in [2.45, 2.75) is 6.92 Å². The summed E-state index contributed by atoms with van der Waals surface area (Å²) in [6.45, 7) is 1.95. The summed E-state index contributed by atoms with van der Waals surface area (Å²) in [4.78, 5) is 23.4. The van der Waals surface area contributed by atoms with Crippen LogP contribution in [0.2, 0.25) is 0 Å². The van der Waals surface area contributed by atoms with Crippen LogP contribution in [0.15, 0.2) is 72.9 Å². The lowest BCUT2D eigenvalue weighted by Gasteiger charge is -2.05. The van der Waals surface area contributed by atoms with Crippen LogP contribution in [0.25, 0.3) is 33.1 Å². The van der Waals surface area contributed by atoms with Gasteiger partial charge in [0.05, 0.1) is 29.0 Å². The third-order valence-electron chi connectivity index (χ3n) is 5.77. The van der Waals surface area contributed by atoms with Gasteiger partial charge in [-0.1, -0.05) is 18.2 Å². The lowest BCUT2D eigenvalue weighted by atomic mass is 10.1. The molecule has 0 amide bonds. The number of nitrogens with zero attached hydrogens (tertiary/aromatic N) is 4. The summed E-state index contributed by atoms with van der Waals surface area (Å²) in [5.74, 6) is 1.41. The van der Waals surface area contributed by atoms with Crippen LogP contribution in [0.3, 0.4) is 0 Å². The van der Waals surface area contributed by atoms with Gasteiger partial charge in [-0.25, -0.2) is 9.97 Å². The van der Waals surface area contributed by atoms with Gasteiger partial charge in [0, 0.05) is 11.8 Å². The first-order valence-corrected chi connectivity index (χ1v) is 10.0. The molecule has 0 unspecified atom stereocenters. The number of rotatable bonds is 3. The second kappa shape index (κ2) is 6.40. The molecule has 0 saturated heterocycles. The number of hydrogen-bond acceptors (Lipinski definition) is 4. The molecule has 0 bridgehead atoms. The van der Waals surface area contributed by atoms with Crippen molar-refractivity contribution in [2.24, 2.45) is 0 Å². The molecule has 6 aromatic rings. The van der Waals surface area contributed by atoms with Gasteiger partial charge in [0.2, 0.25) is 5.78 Å². The molecule has 2 aromatic carbocycles. The van der Waals surface area contributed by atoms with Crippen LogP contribution in [0.5, 0.6) is 5.75 Å². The van der Waals surface area contributed by atoms with E-state index in [4.69, 9.17) is 14.7 Å². The van der Waals surface area contributed by atoms with E-state index in [2.05, 4.69) is 4.40 Å². The Hall–Kier alpha value is -4.19. The minimum absolute atomic E-state index is 0.0915. The average molecular weight is 406 g/mol. The number of carbonyl (C=O) groups is 1. The molecule has 0 radical (unpaired) electrons. The summed E-state index contributed by atoms with van der Waals surface area (Å²) in [6, 6.07) is 21.1. The molecule has 6 heteroatoms. The molecule has 6 rings (SSSR count). The standard InChI is InChI=1S/C25H18N4O2/c1-15-26-22-21(25-27-18-7-3-4-8-19(18)29(15)25)20-9-5-6-14-28(20)23(22)24(30)16-10-12-17(31-2)13-11-16/h3-14H,1-2H3. The highest BCUT2D eigenvalue weighted by Crippen LogP contribution is 2.33. The predicted molar refractivity (Wildman–Crippen MR) is 120 cm³/mol. The van der Waals surface area contributed by atoms with Gasteiger partial charge in [-0.2, -0.15) is 0 Å². The first kappa shape index (κ1) is 17.7. The Morgan fingerprint density at radius 1 is 0.903 bits per heavy atom. The second-order valence-electron chi connectivity index (χ2n) is 7.50. The Morgan fingerprint density at radius 2 is 1.65 bits per heavy atom. The zero-order valence-corrected chi connectivity index (χ0v) is 17.0. The van der Waals surface area contributed by atoms with Crippen molar-refractivity contribution in [2.75, 3.05) is 7.11 Å². The molecular formula is C25H18N4O2. The number of fused-ring (bicyclic) bond motifs is 7. The van der Waals surface area contributed by atoms with Gasteiger partial charge in [-0.15, -0.1) is 0 Å². The minimum atomic E-state index is -0.0915. The fourth-order valence-electron chi connectivity index (χ4n) is 4.35. The number of imidazole rings is 1. The SMILES string of the molecule is COc1ccc(C(=O)c2c3nc(C)n4c5ccccc5nc4c3c3ccccn23)cc1. The van der Waals surface area contributed by atoms with Crippen molar-refractivity contribution in [3.8, 4) is 5.75 Å². The van der Waals surface area contributed by atoms with E-state index in [-0.39, 0.29) is 5.78 Å². The van der Waals surface area contributed by atoms with E-state index in [0.29, 0.717) is 22.5 Å². The molecular weight excluding hydrogens is 388 g/mol. The van der Waals surface area contributed by atoms with Gasteiger partial charge in [0.25, 0.3) is 0 Å². The molecule has 4 aromatic heterocycles. The average Bonchev–Trinajstić information content (AvgIpc) is 3.34. The molecule has 31 heavy (non-hydrogen) atoms. The Balaban J connectivity index is 1.74. The van der Waals surface area contributed by atoms with Crippen LogP contribution in [-0.2, 0) is 0 Å². The molecule has 0 fully saturated rings. The number of hydrogen-bond donors (Lipinski definition) is 0. The Bertz CT molecular complexity index is 1640. The number of aromatic nitrogens is 4. The minimum Gasteiger partial charge on any atom is -0.497 e. The predicted octanol–water partition coefficient (Wildman–Crippen LogP) is 4.84. The molecule has 0 aliphatic carbocycles. The maximum absolute atomic E-state index is 13.6. The van der Waals surface area contributed by atoms with Gasteiger partial charge in [-0.05, 0) is 55.5 Å². The Labute approximate surface area is 177 Å². The fourth-order valence-corrected chi connectivity index (χ4v) is 4.35. The number of benzene rings is 2. The fraction of sp³-hybridized carbons (Fsp3) is 0.0800. The maximum atomic E-state index is 13.6. The van der Waals surface area contributed by atoms with E-state index in [1.54, 1.807) is 31.4 Å². The largest absolute Gasteiger partial charge is 0.497 e. The smallest absolute Gasteiger partial charge is 0.211 e. The highest BCUT2D eigenvalue weighted by Gasteiger charge is 2.24. The van der Waals surface area contributed by atoms with Crippen molar-refractivity contribution in [3.05, 3.63) is 90.0 Å². The number of ketones is 1. The van der Waals surface area contributed by atoms with E-state index in [1.807, 2.05) is 60.0 Å². The summed E-state index contributed by atoms with van der Waals surface area (Å²) in [7, 11) is 1.61. The summed E-state index contributed by atoms with van der Waals surface area (Å²) in [5.41, 5.74) is 5.39. The van der Waals surface area contributed by atoms with Crippen LogP contribution in [0.4, 0.5) is 0 Å². The maximum Gasteiger partial charge on any atom is 0.211 e. The summed E-state index contributed by atoms with van der Waals surface area (Å²) in [5, 5.41) is 0.874. The van der Waals surface area contributed by atoms with Crippen molar-refractivity contribution in [3.63, 3.8) is 0 Å². The number of methoxy groups -OCH3 is 1. The lowest BCUT2D eigenvalue weighted by molar-refractivity contribution is 0.103. The summed E-state index contributed by atoms with van der Waals surface area (Å²) in [6.07, 6.45) is 1.91. The number of para-hydroxylation sites is 2. The highest BCUT2D eigenvalue weighted by molar-refractivity contribution is 6.20. The van der Waals surface area contributed by atoms with Gasteiger partial charge in [0.1, 0.15) is 22.8 Å². The number of pyridine rings is 1. The summed E-state index contributed by atoms with van der Waals surface area (Å²) >= 11 is 0. The molecule has 0 aliphatic rings. The van der Waals surface area contributed by atoms with Crippen molar-refractivity contribution >= 4 is 38.9 Å². The van der Waals surface area contributed by atoms with E-state index in [9.17, 15) is 4.79 Å². The molecule has 0 aliphatic heterocycles. The first-order chi connectivity index (χ1) is 15.2. The zero-order valence-electron chi connectivity index (χ0n) is 17.0. The first-order valence-electron chi connectivity index (χ1n) is 10.0. The van der Waals surface area contributed by atoms with E-state index < -0.39 is 0 Å².